The van der Waals surface area contributed by atoms with E-state index in [0.29, 0.717) is 0 Å². The molecule has 0 amide bonds. The highest BCUT2D eigenvalue weighted by Crippen LogP contribution is 2.17. The molecule has 2 heterocycles. The minimum atomic E-state index is 0.752. The molecular weight excluding hydrogens is 300 g/mol. The summed E-state index contributed by atoms with van der Waals surface area (Å²) in [6, 6.07) is 0. The lowest BCUT2D eigenvalue weighted by molar-refractivity contribution is 0.255. The zero-order valence-corrected chi connectivity index (χ0v) is 15.8. The molecule has 24 heavy (non-hydrogen) atoms. The maximum Gasteiger partial charge on any atom is 0.193 e. The minimum Gasteiger partial charge on any atom is -0.357 e. The van der Waals surface area contributed by atoms with Gasteiger partial charge in [-0.25, -0.2) is 0 Å². The van der Waals surface area contributed by atoms with E-state index in [-0.39, 0.29) is 0 Å². The number of hydrogen-bond acceptors (Lipinski definition) is 3. The third-order valence-corrected chi connectivity index (χ3v) is 4.68. The molecule has 1 saturated heterocycles. The van der Waals surface area contributed by atoms with E-state index in [9.17, 15) is 0 Å². The van der Waals surface area contributed by atoms with Crippen molar-refractivity contribution >= 4 is 5.96 Å². The molecular formula is C18H34N6. The van der Waals surface area contributed by atoms with E-state index in [2.05, 4.69) is 54.1 Å². The van der Waals surface area contributed by atoms with Gasteiger partial charge in [0.1, 0.15) is 0 Å². The zero-order valence-electron chi connectivity index (χ0n) is 15.8. The van der Waals surface area contributed by atoms with Crippen molar-refractivity contribution in [3.05, 3.63) is 18.0 Å². The minimum absolute atomic E-state index is 0.752. The Morgan fingerprint density at radius 3 is 2.79 bits per heavy atom. The summed E-state index contributed by atoms with van der Waals surface area (Å²) in [7, 11) is 0. The van der Waals surface area contributed by atoms with Gasteiger partial charge in [0.25, 0.3) is 0 Å². The molecule has 0 radical (unpaired) electrons. The highest BCUT2D eigenvalue weighted by molar-refractivity contribution is 5.80. The smallest absolute Gasteiger partial charge is 0.193 e. The first-order valence-corrected chi connectivity index (χ1v) is 9.40. The molecule has 0 spiro atoms. The van der Waals surface area contributed by atoms with Crippen LogP contribution in [-0.2, 0) is 6.54 Å². The summed E-state index contributed by atoms with van der Waals surface area (Å²) in [6.07, 6.45) is 5.23. The van der Waals surface area contributed by atoms with Crippen LogP contribution in [0.3, 0.4) is 0 Å². The summed E-state index contributed by atoms with van der Waals surface area (Å²) in [5.74, 6) is 1.81. The first kappa shape index (κ1) is 18.8. The van der Waals surface area contributed by atoms with Gasteiger partial charge in [0.2, 0.25) is 0 Å². The maximum absolute atomic E-state index is 4.81. The monoisotopic (exact) mass is 334 g/mol. The fourth-order valence-electron chi connectivity index (χ4n) is 3.29. The van der Waals surface area contributed by atoms with Crippen LogP contribution < -0.4 is 5.32 Å². The molecule has 1 atom stereocenters. The van der Waals surface area contributed by atoms with Gasteiger partial charge in [-0.2, -0.15) is 5.10 Å². The molecule has 1 aliphatic heterocycles. The van der Waals surface area contributed by atoms with E-state index in [1.54, 1.807) is 0 Å². The normalized spacial score (nSPS) is 18.6. The summed E-state index contributed by atoms with van der Waals surface area (Å²) in [6.45, 7) is 16.9. The van der Waals surface area contributed by atoms with Crippen molar-refractivity contribution in [2.45, 2.75) is 40.7 Å². The molecule has 2 rings (SSSR count). The van der Waals surface area contributed by atoms with E-state index >= 15 is 0 Å². The number of aryl methyl sites for hydroxylation is 1. The third kappa shape index (κ3) is 5.51. The Balaban J connectivity index is 1.86. The summed E-state index contributed by atoms with van der Waals surface area (Å²) in [5.41, 5.74) is 1.20. The molecule has 1 N–H and O–H groups in total. The summed E-state index contributed by atoms with van der Waals surface area (Å²) < 4.78 is 1.97. The largest absolute Gasteiger partial charge is 0.357 e. The van der Waals surface area contributed by atoms with Gasteiger partial charge in [-0.15, -0.1) is 0 Å². The van der Waals surface area contributed by atoms with E-state index in [4.69, 9.17) is 4.99 Å². The van der Waals surface area contributed by atoms with Crippen LogP contribution in [0.1, 0.15) is 32.8 Å². The molecule has 6 nitrogen and oxygen atoms in total. The van der Waals surface area contributed by atoms with E-state index in [1.807, 2.05) is 10.9 Å². The lowest BCUT2D eigenvalue weighted by Gasteiger charge is -2.24. The van der Waals surface area contributed by atoms with Crippen molar-refractivity contribution in [1.29, 1.82) is 0 Å². The molecule has 1 aromatic heterocycles. The van der Waals surface area contributed by atoms with Crippen molar-refractivity contribution in [3.8, 4) is 0 Å². The van der Waals surface area contributed by atoms with Gasteiger partial charge in [0.15, 0.2) is 5.96 Å². The number of nitrogens with zero attached hydrogens (tertiary/aromatic N) is 5. The van der Waals surface area contributed by atoms with Gasteiger partial charge < -0.3 is 15.1 Å². The van der Waals surface area contributed by atoms with Crippen molar-refractivity contribution < 1.29 is 0 Å². The van der Waals surface area contributed by atoms with Gasteiger partial charge in [-0.3, -0.25) is 9.67 Å². The Morgan fingerprint density at radius 2 is 2.17 bits per heavy atom. The predicted molar refractivity (Wildman–Crippen MR) is 100 cm³/mol. The van der Waals surface area contributed by atoms with Crippen molar-refractivity contribution in [1.82, 2.24) is 24.9 Å². The zero-order chi connectivity index (χ0) is 17.4. The van der Waals surface area contributed by atoms with Gasteiger partial charge >= 0.3 is 0 Å². The highest BCUT2D eigenvalue weighted by Gasteiger charge is 2.25. The molecule has 1 fully saturated rings. The average Bonchev–Trinajstić information content (AvgIpc) is 3.21. The molecule has 6 heteroatoms. The van der Waals surface area contributed by atoms with Gasteiger partial charge in [-0.1, -0.05) is 13.8 Å². The molecule has 1 unspecified atom stereocenters. The SMILES string of the molecule is CCNC(=NCCn1cc(C)cn1)N1CCC(CN(CC)CC)C1. The molecule has 0 aliphatic carbocycles. The van der Waals surface area contributed by atoms with Crippen molar-refractivity contribution in [2.75, 3.05) is 45.8 Å². The molecule has 1 aliphatic rings. The quantitative estimate of drug-likeness (QED) is 0.582. The van der Waals surface area contributed by atoms with Crippen LogP contribution in [0.4, 0.5) is 0 Å². The highest BCUT2D eigenvalue weighted by atomic mass is 15.3. The predicted octanol–water partition coefficient (Wildman–Crippen LogP) is 1.82. The Labute approximate surface area is 146 Å². The van der Waals surface area contributed by atoms with Crippen molar-refractivity contribution in [2.24, 2.45) is 10.9 Å². The lowest BCUT2D eigenvalue weighted by atomic mass is 10.1. The Morgan fingerprint density at radius 1 is 1.38 bits per heavy atom. The first-order chi connectivity index (χ1) is 11.7. The number of likely N-dealkylation sites (tertiary alicyclic amines) is 1. The summed E-state index contributed by atoms with van der Waals surface area (Å²) in [4.78, 5) is 9.76. The first-order valence-electron chi connectivity index (χ1n) is 9.40. The molecule has 0 aromatic carbocycles. The fraction of sp³-hybridized carbons (Fsp3) is 0.778. The summed E-state index contributed by atoms with van der Waals surface area (Å²) >= 11 is 0. The van der Waals surface area contributed by atoms with Crippen LogP contribution in [0.25, 0.3) is 0 Å². The van der Waals surface area contributed by atoms with Gasteiger partial charge in [0, 0.05) is 32.4 Å². The Hall–Kier alpha value is -1.56. The second-order valence-electron chi connectivity index (χ2n) is 6.60. The second-order valence-corrected chi connectivity index (χ2v) is 6.60. The fourth-order valence-corrected chi connectivity index (χ4v) is 3.29. The van der Waals surface area contributed by atoms with Crippen LogP contribution >= 0.6 is 0 Å². The topological polar surface area (TPSA) is 48.7 Å². The van der Waals surface area contributed by atoms with Crippen LogP contribution in [0.5, 0.6) is 0 Å². The van der Waals surface area contributed by atoms with Crippen LogP contribution in [-0.4, -0.2) is 71.4 Å². The van der Waals surface area contributed by atoms with E-state index in [0.717, 1.165) is 57.7 Å². The van der Waals surface area contributed by atoms with Crippen LogP contribution in [0.2, 0.25) is 0 Å². The average molecular weight is 335 g/mol. The third-order valence-electron chi connectivity index (χ3n) is 4.68. The van der Waals surface area contributed by atoms with E-state index in [1.165, 1.54) is 18.5 Å². The van der Waals surface area contributed by atoms with E-state index < -0.39 is 0 Å². The van der Waals surface area contributed by atoms with Crippen LogP contribution in [0, 0.1) is 12.8 Å². The lowest BCUT2D eigenvalue weighted by Crippen LogP contribution is -2.41. The molecule has 1 aromatic rings. The van der Waals surface area contributed by atoms with Crippen LogP contribution in [0.15, 0.2) is 17.4 Å². The molecule has 136 valence electrons. The molecule has 0 saturated carbocycles. The number of hydrogen-bond donors (Lipinski definition) is 1. The molecule has 0 bridgehead atoms. The van der Waals surface area contributed by atoms with Gasteiger partial charge in [0.05, 0.1) is 19.3 Å². The summed E-state index contributed by atoms with van der Waals surface area (Å²) in [5, 5.41) is 7.78. The number of nitrogens with one attached hydrogen (secondary N) is 1. The Kier molecular flexibility index (Phi) is 7.56. The number of aliphatic imine (C=N–C) groups is 1. The standard InChI is InChI=1S/C18H34N6/c1-5-19-18(20-9-11-24-13-16(4)12-21-24)23-10-8-17(15-23)14-22(6-2)7-3/h12-13,17H,5-11,14-15H2,1-4H3,(H,19,20). The number of rotatable bonds is 8. The maximum atomic E-state index is 4.81. The van der Waals surface area contributed by atoms with Gasteiger partial charge in [-0.05, 0) is 44.8 Å². The number of guanidine groups is 1. The number of aromatic nitrogens is 2. The second kappa shape index (κ2) is 9.67. The van der Waals surface area contributed by atoms with Crippen molar-refractivity contribution in [3.63, 3.8) is 0 Å². The Bertz CT molecular complexity index is 505.